The molecular formula is C12H21N5. The molecule has 0 spiro atoms. The van der Waals surface area contributed by atoms with E-state index in [-0.39, 0.29) is 0 Å². The van der Waals surface area contributed by atoms with Gasteiger partial charge in [0.05, 0.1) is 5.69 Å². The predicted molar refractivity (Wildman–Crippen MR) is 64.8 cm³/mol. The maximum absolute atomic E-state index is 5.73. The van der Waals surface area contributed by atoms with E-state index in [1.54, 1.807) is 4.68 Å². The molecule has 0 aromatic carbocycles. The molecule has 2 bridgehead atoms. The molecule has 0 saturated heterocycles. The molecule has 17 heavy (non-hydrogen) atoms. The highest BCUT2D eigenvalue weighted by molar-refractivity contribution is 5.01. The molecule has 1 aromatic heterocycles. The Hall–Kier alpha value is -0.940. The highest BCUT2D eigenvalue weighted by Gasteiger charge is 2.42. The second kappa shape index (κ2) is 4.38. The number of nitrogens with one attached hydrogen (secondary N) is 1. The van der Waals surface area contributed by atoms with E-state index in [1.165, 1.54) is 25.7 Å². The van der Waals surface area contributed by atoms with Crippen LogP contribution < -0.4 is 11.3 Å². The third kappa shape index (κ3) is 2.09. The van der Waals surface area contributed by atoms with E-state index in [1.807, 2.05) is 13.2 Å². The van der Waals surface area contributed by atoms with Crippen LogP contribution >= 0.6 is 0 Å². The van der Waals surface area contributed by atoms with Crippen LogP contribution in [0.2, 0.25) is 0 Å². The number of rotatable bonds is 4. The summed E-state index contributed by atoms with van der Waals surface area (Å²) in [6.45, 7) is 0. The van der Waals surface area contributed by atoms with E-state index < -0.39 is 0 Å². The van der Waals surface area contributed by atoms with Crippen molar-refractivity contribution >= 4 is 0 Å². The number of fused-ring (bicyclic) bond motifs is 2. The average Bonchev–Trinajstić information content (AvgIpc) is 3.01. The van der Waals surface area contributed by atoms with Crippen molar-refractivity contribution in [2.75, 3.05) is 0 Å². The van der Waals surface area contributed by atoms with Gasteiger partial charge in [0.25, 0.3) is 0 Å². The van der Waals surface area contributed by atoms with Gasteiger partial charge >= 0.3 is 0 Å². The fourth-order valence-corrected chi connectivity index (χ4v) is 3.83. The zero-order valence-corrected chi connectivity index (χ0v) is 10.3. The fraction of sp³-hybridized carbons (Fsp3) is 0.833. The Morgan fingerprint density at radius 2 is 2.41 bits per heavy atom. The van der Waals surface area contributed by atoms with Crippen molar-refractivity contribution in [1.29, 1.82) is 0 Å². The molecule has 2 aliphatic rings. The monoisotopic (exact) mass is 235 g/mol. The van der Waals surface area contributed by atoms with E-state index in [0.29, 0.717) is 6.04 Å². The van der Waals surface area contributed by atoms with Gasteiger partial charge < -0.3 is 0 Å². The SMILES string of the molecule is Cn1cc(CC(NN)C2CC3CCC2C3)nn1. The normalized spacial score (nSPS) is 33.2. The molecule has 2 saturated carbocycles. The van der Waals surface area contributed by atoms with Crippen LogP contribution in [-0.4, -0.2) is 21.0 Å². The number of hydrogen-bond acceptors (Lipinski definition) is 4. The standard InChI is InChI=1S/C12H21N5/c1-17-7-10(15-16-17)6-12(14-13)11-5-8-2-3-9(11)4-8/h7-9,11-12,14H,2-6,13H2,1H3. The third-order valence-corrected chi connectivity index (χ3v) is 4.60. The van der Waals surface area contributed by atoms with E-state index in [9.17, 15) is 0 Å². The lowest BCUT2D eigenvalue weighted by atomic mass is 9.82. The van der Waals surface area contributed by atoms with Crippen molar-refractivity contribution in [1.82, 2.24) is 20.4 Å². The first kappa shape index (κ1) is 11.2. The lowest BCUT2D eigenvalue weighted by Crippen LogP contribution is -2.44. The predicted octanol–water partition coefficient (Wildman–Crippen LogP) is 0.626. The van der Waals surface area contributed by atoms with Crippen LogP contribution in [0.5, 0.6) is 0 Å². The van der Waals surface area contributed by atoms with Crippen LogP contribution in [0.3, 0.4) is 0 Å². The number of hydrazine groups is 1. The minimum atomic E-state index is 0.363. The smallest absolute Gasteiger partial charge is 0.0843 e. The number of aryl methyl sites for hydroxylation is 1. The quantitative estimate of drug-likeness (QED) is 0.593. The Morgan fingerprint density at radius 3 is 2.94 bits per heavy atom. The zero-order chi connectivity index (χ0) is 11.8. The first-order chi connectivity index (χ1) is 8.26. The van der Waals surface area contributed by atoms with Crippen LogP contribution in [0.4, 0.5) is 0 Å². The van der Waals surface area contributed by atoms with Crippen LogP contribution in [0.15, 0.2) is 6.20 Å². The van der Waals surface area contributed by atoms with Gasteiger partial charge in [-0.25, -0.2) is 0 Å². The van der Waals surface area contributed by atoms with Gasteiger partial charge in [-0.05, 0) is 37.0 Å². The molecule has 0 radical (unpaired) electrons. The van der Waals surface area contributed by atoms with Gasteiger partial charge in [-0.15, -0.1) is 5.10 Å². The number of nitrogens with two attached hydrogens (primary N) is 1. The minimum absolute atomic E-state index is 0.363. The Balaban J connectivity index is 1.67. The van der Waals surface area contributed by atoms with Crippen molar-refractivity contribution in [3.05, 3.63) is 11.9 Å². The molecule has 2 fully saturated rings. The third-order valence-electron chi connectivity index (χ3n) is 4.60. The largest absolute Gasteiger partial charge is 0.271 e. The highest BCUT2D eigenvalue weighted by atomic mass is 15.4. The zero-order valence-electron chi connectivity index (χ0n) is 10.3. The first-order valence-corrected chi connectivity index (χ1v) is 6.57. The number of aromatic nitrogens is 3. The second-order valence-electron chi connectivity index (χ2n) is 5.70. The lowest BCUT2D eigenvalue weighted by molar-refractivity contribution is 0.247. The molecule has 3 rings (SSSR count). The molecule has 1 aromatic rings. The van der Waals surface area contributed by atoms with Gasteiger partial charge in [0, 0.05) is 25.7 Å². The summed E-state index contributed by atoms with van der Waals surface area (Å²) in [4.78, 5) is 0. The first-order valence-electron chi connectivity index (χ1n) is 6.57. The van der Waals surface area contributed by atoms with Crippen molar-refractivity contribution in [3.63, 3.8) is 0 Å². The summed E-state index contributed by atoms with van der Waals surface area (Å²) in [5.41, 5.74) is 4.05. The summed E-state index contributed by atoms with van der Waals surface area (Å²) < 4.78 is 1.75. The maximum Gasteiger partial charge on any atom is 0.0843 e. The number of nitrogens with zero attached hydrogens (tertiary/aromatic N) is 3. The van der Waals surface area contributed by atoms with Crippen LogP contribution in [0.1, 0.15) is 31.4 Å². The Labute approximate surface area is 102 Å². The summed E-state index contributed by atoms with van der Waals surface area (Å²) in [6.07, 6.45) is 8.48. The van der Waals surface area contributed by atoms with Crippen LogP contribution in [-0.2, 0) is 13.5 Å². The molecule has 1 heterocycles. The van der Waals surface area contributed by atoms with Gasteiger partial charge in [0.1, 0.15) is 0 Å². The van der Waals surface area contributed by atoms with E-state index in [4.69, 9.17) is 5.84 Å². The van der Waals surface area contributed by atoms with Crippen molar-refractivity contribution < 1.29 is 0 Å². The summed E-state index contributed by atoms with van der Waals surface area (Å²) in [5.74, 6) is 8.32. The van der Waals surface area contributed by atoms with Gasteiger partial charge in [-0.1, -0.05) is 11.6 Å². The van der Waals surface area contributed by atoms with Gasteiger partial charge in [-0.2, -0.15) is 0 Å². The molecule has 5 heteroatoms. The van der Waals surface area contributed by atoms with Crippen molar-refractivity contribution in [2.24, 2.45) is 30.6 Å². The minimum Gasteiger partial charge on any atom is -0.271 e. The highest BCUT2D eigenvalue weighted by Crippen LogP contribution is 2.49. The van der Waals surface area contributed by atoms with Crippen molar-refractivity contribution in [2.45, 2.75) is 38.1 Å². The summed E-state index contributed by atoms with van der Waals surface area (Å²) in [7, 11) is 1.90. The maximum atomic E-state index is 5.73. The van der Waals surface area contributed by atoms with Gasteiger partial charge in [0.2, 0.25) is 0 Å². The molecule has 0 amide bonds. The molecular weight excluding hydrogens is 214 g/mol. The summed E-state index contributed by atoms with van der Waals surface area (Å²) >= 11 is 0. The molecule has 0 aliphatic heterocycles. The van der Waals surface area contributed by atoms with E-state index in [2.05, 4.69) is 15.7 Å². The second-order valence-corrected chi connectivity index (χ2v) is 5.70. The van der Waals surface area contributed by atoms with Crippen LogP contribution in [0.25, 0.3) is 0 Å². The molecule has 4 atom stereocenters. The summed E-state index contributed by atoms with van der Waals surface area (Å²) in [6, 6.07) is 0.363. The Kier molecular flexibility index (Phi) is 2.88. The molecule has 3 N–H and O–H groups in total. The Bertz CT molecular complexity index is 388. The van der Waals surface area contributed by atoms with Crippen LogP contribution in [0, 0.1) is 17.8 Å². The molecule has 2 aliphatic carbocycles. The Morgan fingerprint density at radius 1 is 1.53 bits per heavy atom. The topological polar surface area (TPSA) is 68.8 Å². The van der Waals surface area contributed by atoms with Gasteiger partial charge in [0.15, 0.2) is 0 Å². The van der Waals surface area contributed by atoms with E-state index in [0.717, 1.165) is 29.9 Å². The van der Waals surface area contributed by atoms with Crippen molar-refractivity contribution in [3.8, 4) is 0 Å². The number of hydrogen-bond donors (Lipinski definition) is 2. The summed E-state index contributed by atoms with van der Waals surface area (Å²) in [5, 5.41) is 8.13. The molecule has 4 unspecified atom stereocenters. The molecule has 94 valence electrons. The average molecular weight is 235 g/mol. The molecule has 5 nitrogen and oxygen atoms in total. The fourth-order valence-electron chi connectivity index (χ4n) is 3.83. The van der Waals surface area contributed by atoms with Gasteiger partial charge in [-0.3, -0.25) is 16.0 Å². The van der Waals surface area contributed by atoms with E-state index >= 15 is 0 Å². The lowest BCUT2D eigenvalue weighted by Gasteiger charge is -2.29.